The summed E-state index contributed by atoms with van der Waals surface area (Å²) >= 11 is 1.08. The third kappa shape index (κ3) is 4.06. The fourth-order valence-electron chi connectivity index (χ4n) is 3.32. The Labute approximate surface area is 179 Å². The van der Waals surface area contributed by atoms with E-state index in [4.69, 9.17) is 0 Å². The van der Waals surface area contributed by atoms with Crippen molar-refractivity contribution in [2.24, 2.45) is 0 Å². The van der Waals surface area contributed by atoms with E-state index in [1.165, 1.54) is 34.9 Å². The maximum atomic E-state index is 13.6. The number of thiazole rings is 1. The second-order valence-corrected chi connectivity index (χ2v) is 8.40. The number of aromatic nitrogens is 1. The molecule has 3 aromatic rings. The molecule has 1 aromatic heterocycles. The molecule has 0 saturated carbocycles. The number of benzene rings is 2. The second kappa shape index (κ2) is 8.16. The Kier molecular flexibility index (Phi) is 5.55. The average molecular weight is 445 g/mol. The van der Waals surface area contributed by atoms with Gasteiger partial charge in [-0.1, -0.05) is 6.07 Å². The number of hydrogen-bond acceptors (Lipinski definition) is 4. The van der Waals surface area contributed by atoms with Crippen molar-refractivity contribution in [3.05, 3.63) is 84.5 Å². The fourth-order valence-corrected chi connectivity index (χ4v) is 4.51. The number of nitrogens with one attached hydrogen (secondary N) is 1. The van der Waals surface area contributed by atoms with Gasteiger partial charge in [0.25, 0.3) is 11.5 Å². The lowest BCUT2D eigenvalue weighted by molar-refractivity contribution is -0.110. The molecule has 5 nitrogen and oxygen atoms in total. The zero-order chi connectivity index (χ0) is 22.3. The van der Waals surface area contributed by atoms with Crippen molar-refractivity contribution in [3.63, 3.8) is 0 Å². The number of amides is 1. The van der Waals surface area contributed by atoms with E-state index in [2.05, 4.69) is 5.32 Å². The Balaban J connectivity index is 1.99. The molecule has 2 aromatic carbocycles. The summed E-state index contributed by atoms with van der Waals surface area (Å²) in [6.45, 7) is 0.857. The molecular formula is C22H18F3N3O2S. The third-order valence-corrected chi connectivity index (χ3v) is 5.99. The summed E-state index contributed by atoms with van der Waals surface area (Å²) in [6, 6.07) is 7.34. The largest absolute Gasteiger partial charge is 0.321 e. The van der Waals surface area contributed by atoms with Crippen LogP contribution in [0.25, 0.3) is 11.6 Å². The van der Waals surface area contributed by atoms with Crippen LogP contribution in [0.4, 0.5) is 18.9 Å². The van der Waals surface area contributed by atoms with Gasteiger partial charge in [0.15, 0.2) is 11.6 Å². The molecule has 0 fully saturated rings. The summed E-state index contributed by atoms with van der Waals surface area (Å²) in [5, 5.41) is 2.63. The summed E-state index contributed by atoms with van der Waals surface area (Å²) in [4.78, 5) is 27.7. The standard InChI is InChI=1S/C22H18F3N3O2S/c1-27(2)7-8-28-21(30)18(10-12-3-6-15(24)16(25)9-12)31-22(28)19-14-5-4-13(23)11-17(14)26-20(19)29/h3-6,9-11H,7-8H2,1-2H3,(H,26,29)/b18-10+,22-19+. The van der Waals surface area contributed by atoms with Crippen LogP contribution in [-0.4, -0.2) is 36.0 Å². The maximum absolute atomic E-state index is 13.6. The predicted octanol–water partition coefficient (Wildman–Crippen LogP) is 1.87. The molecule has 0 atom stereocenters. The Bertz CT molecular complexity index is 1380. The summed E-state index contributed by atoms with van der Waals surface area (Å²) < 4.78 is 42.6. The number of carbonyl (C=O) groups excluding carboxylic acids is 1. The van der Waals surface area contributed by atoms with Gasteiger partial charge < -0.3 is 10.2 Å². The van der Waals surface area contributed by atoms with E-state index in [1.807, 2.05) is 19.0 Å². The molecular weight excluding hydrogens is 427 g/mol. The van der Waals surface area contributed by atoms with Gasteiger partial charge in [0.2, 0.25) is 0 Å². The van der Waals surface area contributed by atoms with Gasteiger partial charge in [0.05, 0.1) is 15.8 Å². The molecule has 31 heavy (non-hydrogen) atoms. The van der Waals surface area contributed by atoms with E-state index >= 15 is 0 Å². The average Bonchev–Trinajstić information content (AvgIpc) is 3.18. The van der Waals surface area contributed by atoms with Crippen molar-refractivity contribution in [1.29, 1.82) is 0 Å². The number of anilines is 1. The monoisotopic (exact) mass is 445 g/mol. The van der Waals surface area contributed by atoms with Crippen molar-refractivity contribution < 1.29 is 18.0 Å². The summed E-state index contributed by atoms with van der Waals surface area (Å²) in [5.41, 5.74) is 1.10. The van der Waals surface area contributed by atoms with Crippen LogP contribution in [0.15, 0.2) is 41.2 Å². The van der Waals surface area contributed by atoms with Crippen LogP contribution < -0.4 is 20.1 Å². The van der Waals surface area contributed by atoms with Crippen molar-refractivity contribution in [1.82, 2.24) is 9.47 Å². The van der Waals surface area contributed by atoms with Crippen LogP contribution in [-0.2, 0) is 11.3 Å². The number of rotatable bonds is 4. The molecule has 0 aliphatic carbocycles. The SMILES string of the molecule is CN(C)CCn1c(=O)/c(=C\c2ccc(F)c(F)c2)s/c1=C1/C(=O)Nc2cc(F)ccc21. The highest BCUT2D eigenvalue weighted by Crippen LogP contribution is 2.30. The first-order valence-electron chi connectivity index (χ1n) is 9.41. The molecule has 0 bridgehead atoms. The first-order valence-corrected chi connectivity index (χ1v) is 10.2. The smallest absolute Gasteiger partial charge is 0.269 e. The van der Waals surface area contributed by atoms with Crippen LogP contribution in [0.3, 0.4) is 0 Å². The van der Waals surface area contributed by atoms with Crippen LogP contribution in [0.1, 0.15) is 11.1 Å². The Hall–Kier alpha value is -3.17. The van der Waals surface area contributed by atoms with E-state index in [1.54, 1.807) is 0 Å². The van der Waals surface area contributed by atoms with E-state index in [9.17, 15) is 22.8 Å². The van der Waals surface area contributed by atoms with Crippen LogP contribution >= 0.6 is 11.3 Å². The molecule has 0 unspecified atom stereocenters. The molecule has 4 rings (SSSR count). The summed E-state index contributed by atoms with van der Waals surface area (Å²) in [7, 11) is 3.72. The van der Waals surface area contributed by atoms with Crippen LogP contribution in [0.2, 0.25) is 0 Å². The van der Waals surface area contributed by atoms with Crippen LogP contribution in [0.5, 0.6) is 0 Å². The number of hydrogen-bond donors (Lipinski definition) is 1. The number of halogens is 3. The summed E-state index contributed by atoms with van der Waals surface area (Å²) in [5.74, 6) is -2.91. The molecule has 2 heterocycles. The van der Waals surface area contributed by atoms with Gasteiger partial charge in [-0.3, -0.25) is 14.2 Å². The van der Waals surface area contributed by atoms with Gasteiger partial charge >= 0.3 is 0 Å². The highest BCUT2D eigenvalue weighted by atomic mass is 32.1. The molecule has 9 heteroatoms. The maximum Gasteiger partial charge on any atom is 0.269 e. The van der Waals surface area contributed by atoms with Gasteiger partial charge in [0.1, 0.15) is 10.5 Å². The minimum atomic E-state index is -1.01. The lowest BCUT2D eigenvalue weighted by atomic mass is 10.1. The number of likely N-dealkylation sites (N-methyl/N-ethyl adjacent to an activating group) is 1. The fraction of sp³-hybridized carbons (Fsp3) is 0.182. The zero-order valence-electron chi connectivity index (χ0n) is 16.7. The Morgan fingerprint density at radius 1 is 1.06 bits per heavy atom. The van der Waals surface area contributed by atoms with Gasteiger partial charge in [-0.05, 0) is 56.1 Å². The third-order valence-electron chi connectivity index (χ3n) is 4.86. The first kappa shape index (κ1) is 21.1. The van der Waals surface area contributed by atoms with Crippen LogP contribution in [0, 0.1) is 17.5 Å². The van der Waals surface area contributed by atoms with E-state index in [-0.39, 0.29) is 15.7 Å². The molecule has 0 spiro atoms. The van der Waals surface area contributed by atoms with Crippen molar-refractivity contribution in [2.75, 3.05) is 26.0 Å². The molecule has 160 valence electrons. The van der Waals surface area contributed by atoms with Gasteiger partial charge in [-0.2, -0.15) is 0 Å². The van der Waals surface area contributed by atoms with Gasteiger partial charge in [0, 0.05) is 18.7 Å². The minimum absolute atomic E-state index is 0.274. The number of carbonyl (C=O) groups is 1. The topological polar surface area (TPSA) is 54.3 Å². The quantitative estimate of drug-likeness (QED) is 0.667. The Morgan fingerprint density at radius 3 is 2.55 bits per heavy atom. The second-order valence-electron chi connectivity index (χ2n) is 7.37. The molecule has 0 saturated heterocycles. The molecule has 1 amide bonds. The summed E-state index contributed by atoms with van der Waals surface area (Å²) in [6.07, 6.45) is 1.46. The normalized spacial score (nSPS) is 15.5. The first-order chi connectivity index (χ1) is 14.7. The zero-order valence-corrected chi connectivity index (χ0v) is 17.5. The molecule has 1 aliphatic rings. The molecule has 1 N–H and O–H groups in total. The Morgan fingerprint density at radius 2 is 1.84 bits per heavy atom. The highest BCUT2D eigenvalue weighted by Gasteiger charge is 2.27. The lowest BCUT2D eigenvalue weighted by Crippen LogP contribution is -2.36. The van der Waals surface area contributed by atoms with Gasteiger partial charge in [-0.15, -0.1) is 11.3 Å². The predicted molar refractivity (Wildman–Crippen MR) is 114 cm³/mol. The van der Waals surface area contributed by atoms with Crippen molar-refractivity contribution >= 4 is 34.6 Å². The number of nitrogens with zero attached hydrogens (tertiary/aromatic N) is 2. The van der Waals surface area contributed by atoms with E-state index in [0.29, 0.717) is 34.6 Å². The van der Waals surface area contributed by atoms with E-state index < -0.39 is 23.4 Å². The van der Waals surface area contributed by atoms with Gasteiger partial charge in [-0.25, -0.2) is 13.2 Å². The molecule has 0 radical (unpaired) electrons. The minimum Gasteiger partial charge on any atom is -0.321 e. The lowest BCUT2D eigenvalue weighted by Gasteiger charge is -2.10. The van der Waals surface area contributed by atoms with Crippen molar-refractivity contribution in [3.8, 4) is 0 Å². The molecule has 1 aliphatic heterocycles. The number of fused-ring (bicyclic) bond motifs is 1. The van der Waals surface area contributed by atoms with Crippen molar-refractivity contribution in [2.45, 2.75) is 6.54 Å². The van der Waals surface area contributed by atoms with E-state index in [0.717, 1.165) is 23.5 Å². The highest BCUT2D eigenvalue weighted by molar-refractivity contribution is 7.07.